The zero-order valence-corrected chi connectivity index (χ0v) is 8.59. The molecule has 0 bridgehead atoms. The maximum Gasteiger partial charge on any atom is 0.220 e. The van der Waals surface area contributed by atoms with Gasteiger partial charge < -0.3 is 5.73 Å². The van der Waals surface area contributed by atoms with Gasteiger partial charge in [0.15, 0.2) is 0 Å². The Morgan fingerprint density at radius 1 is 1.19 bits per heavy atom. The van der Waals surface area contributed by atoms with Crippen molar-refractivity contribution in [2.75, 3.05) is 5.73 Å². The van der Waals surface area contributed by atoms with Crippen molar-refractivity contribution < 1.29 is 0 Å². The van der Waals surface area contributed by atoms with Gasteiger partial charge in [0, 0.05) is 30.0 Å². The van der Waals surface area contributed by atoms with Crippen molar-refractivity contribution in [3.63, 3.8) is 0 Å². The number of rotatable bonds is 0. The zero-order valence-electron chi connectivity index (χ0n) is 8.59. The molecular formula is C12H10N4. The van der Waals surface area contributed by atoms with Gasteiger partial charge in [0.2, 0.25) is 5.95 Å². The lowest BCUT2D eigenvalue weighted by molar-refractivity contribution is 1.14. The Morgan fingerprint density at radius 3 is 3.00 bits per heavy atom. The summed E-state index contributed by atoms with van der Waals surface area (Å²) in [5.41, 5.74) is 9.52. The summed E-state index contributed by atoms with van der Waals surface area (Å²) < 4.78 is 0. The highest BCUT2D eigenvalue weighted by atomic mass is 15.0. The van der Waals surface area contributed by atoms with Crippen molar-refractivity contribution in [1.82, 2.24) is 9.97 Å². The molecule has 2 heterocycles. The van der Waals surface area contributed by atoms with Gasteiger partial charge in [-0.05, 0) is 6.07 Å². The van der Waals surface area contributed by atoms with Crippen molar-refractivity contribution >= 4 is 17.9 Å². The minimum atomic E-state index is 0.301. The molecule has 0 saturated carbocycles. The number of nitrogen functional groups attached to an aromatic ring is 1. The van der Waals surface area contributed by atoms with Crippen LogP contribution in [0.2, 0.25) is 0 Å². The molecule has 0 fully saturated rings. The Bertz CT molecular complexity index is 575. The molecule has 1 aromatic heterocycles. The van der Waals surface area contributed by atoms with Gasteiger partial charge in [0.1, 0.15) is 0 Å². The number of aliphatic imine (C=N–C) groups is 1. The number of hydrogen-bond acceptors (Lipinski definition) is 4. The monoisotopic (exact) mass is 210 g/mol. The largest absolute Gasteiger partial charge is 0.368 e. The van der Waals surface area contributed by atoms with Crippen LogP contribution in [-0.4, -0.2) is 16.2 Å². The first-order valence-electron chi connectivity index (χ1n) is 5.08. The van der Waals surface area contributed by atoms with E-state index in [-0.39, 0.29) is 0 Å². The minimum Gasteiger partial charge on any atom is -0.368 e. The predicted octanol–water partition coefficient (Wildman–Crippen LogP) is 1.98. The molecule has 0 radical (unpaired) electrons. The van der Waals surface area contributed by atoms with Crippen LogP contribution in [0.25, 0.3) is 11.3 Å². The summed E-state index contributed by atoms with van der Waals surface area (Å²) in [5, 5.41) is 0. The van der Waals surface area contributed by atoms with Crippen LogP contribution in [0.1, 0.15) is 5.56 Å². The van der Waals surface area contributed by atoms with Crippen LogP contribution in [0, 0.1) is 0 Å². The first-order chi connectivity index (χ1) is 7.84. The van der Waals surface area contributed by atoms with Crippen molar-refractivity contribution in [2.24, 2.45) is 4.99 Å². The predicted molar refractivity (Wildman–Crippen MR) is 63.7 cm³/mol. The van der Waals surface area contributed by atoms with E-state index in [1.807, 2.05) is 30.5 Å². The van der Waals surface area contributed by atoms with E-state index in [9.17, 15) is 0 Å². The standard InChI is InChI=1S/C12H10N4/c13-12-15-7-8-5-6-14-10-4-2-1-3-9(10)11(8)16-12/h1-4,6-7H,5H2,(H2,13,15,16). The van der Waals surface area contributed by atoms with E-state index in [0.29, 0.717) is 5.95 Å². The molecular weight excluding hydrogens is 200 g/mol. The first kappa shape index (κ1) is 9.03. The molecule has 0 saturated heterocycles. The summed E-state index contributed by atoms with van der Waals surface area (Å²) in [7, 11) is 0. The third-order valence-corrected chi connectivity index (χ3v) is 2.58. The fourth-order valence-electron chi connectivity index (χ4n) is 1.83. The van der Waals surface area contributed by atoms with Gasteiger partial charge in [-0.2, -0.15) is 0 Å². The Hall–Kier alpha value is -2.23. The lowest BCUT2D eigenvalue weighted by Gasteiger charge is -2.06. The zero-order chi connectivity index (χ0) is 11.0. The number of hydrogen-bond donors (Lipinski definition) is 1. The second kappa shape index (κ2) is 3.41. The highest BCUT2D eigenvalue weighted by Crippen LogP contribution is 2.32. The lowest BCUT2D eigenvalue weighted by Crippen LogP contribution is -2.00. The second-order valence-electron chi connectivity index (χ2n) is 3.63. The SMILES string of the molecule is Nc1ncc2c(n1)-c1ccccc1N=CC2. The van der Waals surface area contributed by atoms with Crippen LogP contribution in [0.5, 0.6) is 0 Å². The molecule has 0 atom stereocenters. The van der Waals surface area contributed by atoms with E-state index < -0.39 is 0 Å². The normalized spacial score (nSPS) is 12.8. The van der Waals surface area contributed by atoms with E-state index in [2.05, 4.69) is 15.0 Å². The van der Waals surface area contributed by atoms with Crippen molar-refractivity contribution in [3.05, 3.63) is 36.0 Å². The first-order valence-corrected chi connectivity index (χ1v) is 5.08. The number of benzene rings is 1. The second-order valence-corrected chi connectivity index (χ2v) is 3.63. The van der Waals surface area contributed by atoms with Crippen LogP contribution in [-0.2, 0) is 6.42 Å². The number of nitrogens with two attached hydrogens (primary N) is 1. The fraction of sp³-hybridized carbons (Fsp3) is 0.0833. The topological polar surface area (TPSA) is 64.2 Å². The van der Waals surface area contributed by atoms with Crippen LogP contribution >= 0.6 is 0 Å². The van der Waals surface area contributed by atoms with E-state index in [4.69, 9.17) is 5.73 Å². The molecule has 1 aliphatic heterocycles. The highest BCUT2D eigenvalue weighted by Gasteiger charge is 2.13. The molecule has 1 aliphatic rings. The number of para-hydroxylation sites is 1. The lowest BCUT2D eigenvalue weighted by atomic mass is 10.1. The van der Waals surface area contributed by atoms with Gasteiger partial charge in [0.25, 0.3) is 0 Å². The van der Waals surface area contributed by atoms with E-state index in [1.165, 1.54) is 0 Å². The van der Waals surface area contributed by atoms with Gasteiger partial charge in [-0.3, -0.25) is 4.99 Å². The molecule has 0 aliphatic carbocycles. The number of anilines is 1. The van der Waals surface area contributed by atoms with Gasteiger partial charge in [-0.1, -0.05) is 18.2 Å². The average molecular weight is 210 g/mol. The van der Waals surface area contributed by atoms with Crippen molar-refractivity contribution in [2.45, 2.75) is 6.42 Å². The van der Waals surface area contributed by atoms with E-state index in [1.54, 1.807) is 6.20 Å². The Balaban J connectivity index is 2.32. The van der Waals surface area contributed by atoms with Gasteiger partial charge in [0.05, 0.1) is 11.4 Å². The summed E-state index contributed by atoms with van der Waals surface area (Å²) in [6.45, 7) is 0. The molecule has 3 rings (SSSR count). The quantitative estimate of drug-likeness (QED) is 0.723. The van der Waals surface area contributed by atoms with Gasteiger partial charge in [-0.25, -0.2) is 9.97 Å². The highest BCUT2D eigenvalue weighted by molar-refractivity contribution is 5.83. The molecule has 2 aromatic rings. The van der Waals surface area contributed by atoms with E-state index >= 15 is 0 Å². The molecule has 2 N–H and O–H groups in total. The molecule has 1 aromatic carbocycles. The van der Waals surface area contributed by atoms with Crippen LogP contribution < -0.4 is 5.73 Å². The number of nitrogens with zero attached hydrogens (tertiary/aromatic N) is 3. The van der Waals surface area contributed by atoms with Crippen molar-refractivity contribution in [1.29, 1.82) is 0 Å². The summed E-state index contributed by atoms with van der Waals surface area (Å²) in [6, 6.07) is 7.91. The third kappa shape index (κ3) is 1.35. The van der Waals surface area contributed by atoms with E-state index in [0.717, 1.165) is 28.9 Å². The average Bonchev–Trinajstić information content (AvgIpc) is 2.48. The number of aromatic nitrogens is 2. The van der Waals surface area contributed by atoms with Crippen molar-refractivity contribution in [3.8, 4) is 11.3 Å². The smallest absolute Gasteiger partial charge is 0.220 e. The maximum atomic E-state index is 5.63. The summed E-state index contributed by atoms with van der Waals surface area (Å²) >= 11 is 0. The molecule has 16 heavy (non-hydrogen) atoms. The van der Waals surface area contributed by atoms with Crippen LogP contribution in [0.3, 0.4) is 0 Å². The molecule has 4 nitrogen and oxygen atoms in total. The van der Waals surface area contributed by atoms with Gasteiger partial charge in [-0.15, -0.1) is 0 Å². The third-order valence-electron chi connectivity index (χ3n) is 2.58. The maximum absolute atomic E-state index is 5.63. The van der Waals surface area contributed by atoms with Crippen LogP contribution in [0.4, 0.5) is 11.6 Å². The number of fused-ring (bicyclic) bond motifs is 3. The summed E-state index contributed by atoms with van der Waals surface area (Å²) in [5.74, 6) is 0.301. The molecule has 0 amide bonds. The fourth-order valence-corrected chi connectivity index (χ4v) is 1.83. The minimum absolute atomic E-state index is 0.301. The molecule has 0 unspecified atom stereocenters. The Kier molecular flexibility index (Phi) is 1.93. The Morgan fingerprint density at radius 2 is 2.06 bits per heavy atom. The van der Waals surface area contributed by atoms with Crippen LogP contribution in [0.15, 0.2) is 35.5 Å². The molecule has 78 valence electrons. The Labute approximate surface area is 92.9 Å². The summed E-state index contributed by atoms with van der Waals surface area (Å²) in [6.07, 6.45) is 4.39. The van der Waals surface area contributed by atoms with Gasteiger partial charge >= 0.3 is 0 Å². The summed E-state index contributed by atoms with van der Waals surface area (Å²) in [4.78, 5) is 12.7. The molecule has 0 spiro atoms. The molecule has 4 heteroatoms.